The number of carbonyl (C=O) groups is 1. The number of amides is 1. The van der Waals surface area contributed by atoms with Crippen molar-refractivity contribution in [3.63, 3.8) is 0 Å². The van der Waals surface area contributed by atoms with E-state index in [1.54, 1.807) is 12.3 Å². The van der Waals surface area contributed by atoms with Gasteiger partial charge < -0.3 is 10.6 Å². The molecule has 1 aliphatic carbocycles. The highest BCUT2D eigenvalue weighted by molar-refractivity contribution is 5.94. The number of nitrogens with one attached hydrogen (secondary N) is 2. The minimum Gasteiger partial charge on any atom is -0.370 e. The highest BCUT2D eigenvalue weighted by atomic mass is 16.1. The largest absolute Gasteiger partial charge is 0.370 e. The third-order valence-corrected chi connectivity index (χ3v) is 4.19. The van der Waals surface area contributed by atoms with Crippen LogP contribution < -0.4 is 10.6 Å². The normalized spacial score (nSPS) is 22.3. The summed E-state index contributed by atoms with van der Waals surface area (Å²) in [5, 5.41) is 6.20. The van der Waals surface area contributed by atoms with E-state index in [4.69, 9.17) is 0 Å². The fourth-order valence-electron chi connectivity index (χ4n) is 2.87. The zero-order chi connectivity index (χ0) is 14.4. The number of nitrogens with zero attached hydrogens (tertiary/aromatic N) is 1. The van der Waals surface area contributed by atoms with Crippen LogP contribution >= 0.6 is 0 Å². The molecule has 1 fully saturated rings. The SMILES string of the molecule is CCNc1cc(C(=O)NCC2CCCCC2C)ccn1. The fraction of sp³-hybridized carbons (Fsp3) is 0.625. The topological polar surface area (TPSA) is 54.0 Å². The van der Waals surface area contributed by atoms with Gasteiger partial charge in [0.1, 0.15) is 5.82 Å². The lowest BCUT2D eigenvalue weighted by Crippen LogP contribution is -2.33. The Balaban J connectivity index is 1.89. The molecule has 20 heavy (non-hydrogen) atoms. The smallest absolute Gasteiger partial charge is 0.251 e. The number of aromatic nitrogens is 1. The van der Waals surface area contributed by atoms with Crippen LogP contribution in [0.5, 0.6) is 0 Å². The van der Waals surface area contributed by atoms with Crippen LogP contribution in [0.3, 0.4) is 0 Å². The number of pyridine rings is 1. The first-order valence-corrected chi connectivity index (χ1v) is 7.68. The molecule has 1 aromatic rings. The number of carbonyl (C=O) groups excluding carboxylic acids is 1. The van der Waals surface area contributed by atoms with E-state index in [1.165, 1.54) is 25.7 Å². The maximum absolute atomic E-state index is 12.2. The molecule has 1 amide bonds. The molecule has 2 rings (SSSR count). The van der Waals surface area contributed by atoms with Crippen LogP contribution in [-0.4, -0.2) is 24.0 Å². The molecule has 0 aromatic carbocycles. The van der Waals surface area contributed by atoms with Gasteiger partial charge in [-0.1, -0.05) is 26.2 Å². The van der Waals surface area contributed by atoms with Gasteiger partial charge in [-0.3, -0.25) is 4.79 Å². The van der Waals surface area contributed by atoms with Gasteiger partial charge in [0.15, 0.2) is 0 Å². The Bertz CT molecular complexity index is 447. The summed E-state index contributed by atoms with van der Waals surface area (Å²) in [6, 6.07) is 3.57. The summed E-state index contributed by atoms with van der Waals surface area (Å²) in [5.41, 5.74) is 0.680. The molecule has 110 valence electrons. The van der Waals surface area contributed by atoms with Crippen LogP contribution in [0.1, 0.15) is 49.9 Å². The summed E-state index contributed by atoms with van der Waals surface area (Å²) in [7, 11) is 0. The van der Waals surface area contributed by atoms with Gasteiger partial charge in [-0.25, -0.2) is 4.98 Å². The van der Waals surface area contributed by atoms with Gasteiger partial charge >= 0.3 is 0 Å². The summed E-state index contributed by atoms with van der Waals surface area (Å²) in [4.78, 5) is 16.4. The summed E-state index contributed by atoms with van der Waals surface area (Å²) >= 11 is 0. The molecule has 2 unspecified atom stereocenters. The lowest BCUT2D eigenvalue weighted by Gasteiger charge is -2.28. The molecule has 4 heteroatoms. The molecule has 0 bridgehead atoms. The molecule has 0 saturated heterocycles. The Morgan fingerprint density at radius 1 is 1.40 bits per heavy atom. The van der Waals surface area contributed by atoms with Gasteiger partial charge in [-0.15, -0.1) is 0 Å². The first kappa shape index (κ1) is 14.8. The standard InChI is InChI=1S/C16H25N3O/c1-3-17-15-10-13(8-9-18-15)16(20)19-11-14-7-5-4-6-12(14)2/h8-10,12,14H,3-7,11H2,1-2H3,(H,17,18)(H,19,20). The molecular formula is C16H25N3O. The van der Waals surface area contributed by atoms with Crippen molar-refractivity contribution in [2.45, 2.75) is 39.5 Å². The minimum absolute atomic E-state index is 0.00401. The zero-order valence-electron chi connectivity index (χ0n) is 12.5. The van der Waals surface area contributed by atoms with Crippen LogP contribution in [0.2, 0.25) is 0 Å². The zero-order valence-corrected chi connectivity index (χ0v) is 12.5. The molecule has 1 saturated carbocycles. The van der Waals surface area contributed by atoms with E-state index in [1.807, 2.05) is 13.0 Å². The van der Waals surface area contributed by atoms with Crippen molar-refractivity contribution in [2.24, 2.45) is 11.8 Å². The van der Waals surface area contributed by atoms with Crippen LogP contribution in [-0.2, 0) is 0 Å². The Hall–Kier alpha value is -1.58. The summed E-state index contributed by atoms with van der Waals surface area (Å²) < 4.78 is 0. The lowest BCUT2D eigenvalue weighted by atomic mass is 9.80. The van der Waals surface area contributed by atoms with Crippen molar-refractivity contribution >= 4 is 11.7 Å². The molecule has 4 nitrogen and oxygen atoms in total. The van der Waals surface area contributed by atoms with Gasteiger partial charge in [0, 0.05) is 24.8 Å². The van der Waals surface area contributed by atoms with Crippen molar-refractivity contribution in [3.8, 4) is 0 Å². The second-order valence-corrected chi connectivity index (χ2v) is 5.69. The maximum atomic E-state index is 12.2. The molecule has 2 N–H and O–H groups in total. The second kappa shape index (κ2) is 7.27. The average Bonchev–Trinajstić information content (AvgIpc) is 2.47. The van der Waals surface area contributed by atoms with Crippen LogP contribution in [0, 0.1) is 11.8 Å². The Morgan fingerprint density at radius 3 is 2.95 bits per heavy atom. The number of hydrogen-bond donors (Lipinski definition) is 2. The highest BCUT2D eigenvalue weighted by Crippen LogP contribution is 2.28. The summed E-state index contributed by atoms with van der Waals surface area (Å²) in [6.45, 7) is 5.90. The predicted octanol–water partition coefficient (Wildman–Crippen LogP) is 3.07. The van der Waals surface area contributed by atoms with E-state index in [0.29, 0.717) is 11.5 Å². The van der Waals surface area contributed by atoms with Crippen molar-refractivity contribution in [2.75, 3.05) is 18.4 Å². The quantitative estimate of drug-likeness (QED) is 0.868. The van der Waals surface area contributed by atoms with Gasteiger partial charge in [0.2, 0.25) is 0 Å². The van der Waals surface area contributed by atoms with E-state index < -0.39 is 0 Å². The molecular weight excluding hydrogens is 250 g/mol. The van der Waals surface area contributed by atoms with Gasteiger partial charge in [-0.2, -0.15) is 0 Å². The van der Waals surface area contributed by atoms with E-state index in [0.717, 1.165) is 24.8 Å². The molecule has 1 aliphatic rings. The monoisotopic (exact) mass is 275 g/mol. The minimum atomic E-state index is 0.00401. The van der Waals surface area contributed by atoms with Crippen molar-refractivity contribution < 1.29 is 4.79 Å². The predicted molar refractivity (Wildman–Crippen MR) is 81.9 cm³/mol. The average molecular weight is 275 g/mol. The summed E-state index contributed by atoms with van der Waals surface area (Å²) in [6.07, 6.45) is 6.84. The van der Waals surface area contributed by atoms with Gasteiger partial charge in [-0.05, 0) is 37.3 Å². The number of hydrogen-bond acceptors (Lipinski definition) is 3. The molecule has 0 aliphatic heterocycles. The van der Waals surface area contributed by atoms with E-state index in [-0.39, 0.29) is 5.91 Å². The van der Waals surface area contributed by atoms with Gasteiger partial charge in [0.25, 0.3) is 5.91 Å². The van der Waals surface area contributed by atoms with Crippen molar-refractivity contribution in [1.29, 1.82) is 0 Å². The van der Waals surface area contributed by atoms with Crippen molar-refractivity contribution in [1.82, 2.24) is 10.3 Å². The third-order valence-electron chi connectivity index (χ3n) is 4.19. The maximum Gasteiger partial charge on any atom is 0.251 e. The third kappa shape index (κ3) is 3.95. The Labute approximate surface area is 121 Å². The lowest BCUT2D eigenvalue weighted by molar-refractivity contribution is 0.0936. The number of rotatable bonds is 5. The van der Waals surface area contributed by atoms with Gasteiger partial charge in [0.05, 0.1) is 0 Å². The molecule has 1 aromatic heterocycles. The molecule has 0 radical (unpaired) electrons. The van der Waals surface area contributed by atoms with Crippen LogP contribution in [0.4, 0.5) is 5.82 Å². The van der Waals surface area contributed by atoms with Crippen molar-refractivity contribution in [3.05, 3.63) is 23.9 Å². The first-order valence-electron chi connectivity index (χ1n) is 7.68. The van der Waals surface area contributed by atoms with Crippen LogP contribution in [0.15, 0.2) is 18.3 Å². The number of anilines is 1. The highest BCUT2D eigenvalue weighted by Gasteiger charge is 2.21. The van der Waals surface area contributed by atoms with E-state index >= 15 is 0 Å². The van der Waals surface area contributed by atoms with E-state index in [9.17, 15) is 4.79 Å². The molecule has 1 heterocycles. The summed E-state index contributed by atoms with van der Waals surface area (Å²) in [5.74, 6) is 2.11. The Morgan fingerprint density at radius 2 is 2.20 bits per heavy atom. The van der Waals surface area contributed by atoms with Crippen LogP contribution in [0.25, 0.3) is 0 Å². The Kier molecular flexibility index (Phi) is 5.39. The first-order chi connectivity index (χ1) is 9.70. The molecule has 2 atom stereocenters. The fourth-order valence-corrected chi connectivity index (χ4v) is 2.87. The second-order valence-electron chi connectivity index (χ2n) is 5.69. The molecule has 0 spiro atoms. The van der Waals surface area contributed by atoms with E-state index in [2.05, 4.69) is 22.5 Å².